The number of hydrogen-bond acceptors (Lipinski definition) is 5. The molecule has 1 aliphatic heterocycles. The molecular formula is C13H8N2O4S. The quantitative estimate of drug-likeness (QED) is 0.867. The average molecular weight is 288 g/mol. The number of carbonyl (C=O) groups is 3. The molecule has 1 N–H and O–H groups in total. The maximum Gasteiger partial charge on any atom is 0.335 e. The number of rotatable bonds is 3. The van der Waals surface area contributed by atoms with Gasteiger partial charge in [0.05, 0.1) is 23.2 Å². The fraction of sp³-hybridized carbons (Fsp3) is 0.0769. The maximum atomic E-state index is 12.2. The fourth-order valence-electron chi connectivity index (χ4n) is 2.03. The molecule has 0 fully saturated rings. The Hall–Kier alpha value is -2.54. The summed E-state index contributed by atoms with van der Waals surface area (Å²) in [6, 6.07) is 3.93. The predicted molar refractivity (Wildman–Crippen MR) is 69.7 cm³/mol. The molecule has 2 amide bonds. The number of aromatic nitrogens is 1. The van der Waals surface area contributed by atoms with Crippen LogP contribution in [0, 0.1) is 0 Å². The van der Waals surface area contributed by atoms with Gasteiger partial charge in [0.2, 0.25) is 0 Å². The topological polar surface area (TPSA) is 87.6 Å². The number of aromatic carboxylic acids is 1. The predicted octanol–water partition coefficient (Wildman–Crippen LogP) is 1.64. The highest BCUT2D eigenvalue weighted by Crippen LogP contribution is 2.26. The van der Waals surface area contributed by atoms with E-state index in [9.17, 15) is 14.4 Å². The molecule has 2 aromatic rings. The standard InChI is InChI=1S/C13H8N2O4S/c16-11-8-2-1-7(13(18)19)5-9(8)12(17)15(11)6-10-14-3-4-20-10/h1-5H,6H2,(H,18,19). The Morgan fingerprint density at radius 1 is 1.25 bits per heavy atom. The van der Waals surface area contributed by atoms with Crippen molar-refractivity contribution >= 4 is 29.1 Å². The minimum atomic E-state index is -1.13. The molecule has 20 heavy (non-hydrogen) atoms. The second-order valence-corrected chi connectivity index (χ2v) is 5.17. The SMILES string of the molecule is O=C(O)c1ccc2c(c1)C(=O)N(Cc1nccs1)C2=O. The van der Waals surface area contributed by atoms with Crippen LogP contribution in [0.2, 0.25) is 0 Å². The van der Waals surface area contributed by atoms with Gasteiger partial charge in [0.1, 0.15) is 5.01 Å². The van der Waals surface area contributed by atoms with Crippen LogP contribution in [0.5, 0.6) is 0 Å². The zero-order chi connectivity index (χ0) is 14.3. The largest absolute Gasteiger partial charge is 0.478 e. The minimum absolute atomic E-state index is 0.0130. The molecule has 2 heterocycles. The Kier molecular flexibility index (Phi) is 2.83. The van der Waals surface area contributed by atoms with Crippen LogP contribution in [0.15, 0.2) is 29.8 Å². The van der Waals surface area contributed by atoms with Gasteiger partial charge in [-0.05, 0) is 18.2 Å². The van der Waals surface area contributed by atoms with Gasteiger partial charge in [0.25, 0.3) is 11.8 Å². The molecule has 0 aliphatic carbocycles. The molecule has 100 valence electrons. The summed E-state index contributed by atoms with van der Waals surface area (Å²) < 4.78 is 0. The maximum absolute atomic E-state index is 12.2. The summed E-state index contributed by atoms with van der Waals surface area (Å²) >= 11 is 1.35. The number of carboxylic acids is 1. The number of imide groups is 1. The first-order valence-electron chi connectivity index (χ1n) is 5.70. The van der Waals surface area contributed by atoms with Gasteiger partial charge in [-0.2, -0.15) is 0 Å². The molecule has 0 radical (unpaired) electrons. The number of hydrogen-bond donors (Lipinski definition) is 1. The van der Waals surface area contributed by atoms with Gasteiger partial charge in [-0.3, -0.25) is 14.5 Å². The summed E-state index contributed by atoms with van der Waals surface area (Å²) in [5.41, 5.74) is 0.351. The fourth-order valence-corrected chi connectivity index (χ4v) is 2.64. The summed E-state index contributed by atoms with van der Waals surface area (Å²) in [5.74, 6) is -2.04. The van der Waals surface area contributed by atoms with Gasteiger partial charge in [0.15, 0.2) is 0 Å². The van der Waals surface area contributed by atoms with Crippen molar-refractivity contribution in [3.8, 4) is 0 Å². The van der Waals surface area contributed by atoms with Gasteiger partial charge in [-0.15, -0.1) is 11.3 Å². The van der Waals surface area contributed by atoms with Crippen molar-refractivity contribution in [2.24, 2.45) is 0 Å². The number of amides is 2. The van der Waals surface area contributed by atoms with Crippen molar-refractivity contribution in [1.82, 2.24) is 9.88 Å². The number of carboxylic acid groups (broad SMARTS) is 1. The van der Waals surface area contributed by atoms with Crippen LogP contribution in [-0.4, -0.2) is 32.8 Å². The zero-order valence-corrected chi connectivity index (χ0v) is 10.9. The van der Waals surface area contributed by atoms with E-state index in [2.05, 4.69) is 4.98 Å². The van der Waals surface area contributed by atoms with Crippen molar-refractivity contribution in [3.63, 3.8) is 0 Å². The highest BCUT2D eigenvalue weighted by molar-refractivity contribution is 7.09. The number of nitrogens with zero attached hydrogens (tertiary/aromatic N) is 2. The minimum Gasteiger partial charge on any atom is -0.478 e. The summed E-state index contributed by atoms with van der Waals surface area (Å²) in [6.45, 7) is 0.104. The molecule has 0 saturated carbocycles. The van der Waals surface area contributed by atoms with Gasteiger partial charge in [-0.1, -0.05) is 0 Å². The van der Waals surface area contributed by atoms with E-state index in [1.54, 1.807) is 11.6 Å². The van der Waals surface area contributed by atoms with Gasteiger partial charge in [0, 0.05) is 11.6 Å². The second kappa shape index (κ2) is 4.53. The van der Waals surface area contributed by atoms with Crippen molar-refractivity contribution in [2.45, 2.75) is 6.54 Å². The average Bonchev–Trinajstić information content (AvgIpc) is 3.02. The van der Waals surface area contributed by atoms with Crippen LogP contribution < -0.4 is 0 Å². The Morgan fingerprint density at radius 2 is 2.00 bits per heavy atom. The van der Waals surface area contributed by atoms with Gasteiger partial charge >= 0.3 is 5.97 Å². The molecule has 7 heteroatoms. The number of fused-ring (bicyclic) bond motifs is 1. The molecule has 6 nitrogen and oxygen atoms in total. The number of carbonyl (C=O) groups excluding carboxylic acids is 2. The van der Waals surface area contributed by atoms with Crippen LogP contribution in [0.3, 0.4) is 0 Å². The molecule has 0 atom stereocenters. The van der Waals surface area contributed by atoms with E-state index >= 15 is 0 Å². The van der Waals surface area contributed by atoms with E-state index < -0.39 is 17.8 Å². The third-order valence-corrected chi connectivity index (χ3v) is 3.76. The number of thiazole rings is 1. The smallest absolute Gasteiger partial charge is 0.335 e. The highest BCUT2D eigenvalue weighted by atomic mass is 32.1. The second-order valence-electron chi connectivity index (χ2n) is 4.19. The van der Waals surface area contributed by atoms with Crippen molar-refractivity contribution in [1.29, 1.82) is 0 Å². The molecule has 1 aromatic heterocycles. The summed E-state index contributed by atoms with van der Waals surface area (Å²) in [6.07, 6.45) is 1.60. The Labute approximate surface area is 117 Å². The highest BCUT2D eigenvalue weighted by Gasteiger charge is 2.36. The first-order valence-corrected chi connectivity index (χ1v) is 6.58. The number of benzene rings is 1. The first kappa shape index (κ1) is 12.5. The van der Waals surface area contributed by atoms with E-state index in [0.29, 0.717) is 5.01 Å². The molecule has 1 aliphatic rings. The molecule has 0 unspecified atom stereocenters. The third kappa shape index (κ3) is 1.88. The molecular weight excluding hydrogens is 280 g/mol. The summed E-state index contributed by atoms with van der Waals surface area (Å²) in [4.78, 5) is 40.4. The zero-order valence-electron chi connectivity index (χ0n) is 10.1. The lowest BCUT2D eigenvalue weighted by molar-refractivity contribution is 0.0640. The van der Waals surface area contributed by atoms with Crippen molar-refractivity contribution in [2.75, 3.05) is 0 Å². The van der Waals surface area contributed by atoms with Crippen LogP contribution in [0.4, 0.5) is 0 Å². The van der Waals surface area contributed by atoms with E-state index in [1.807, 2.05) is 0 Å². The lowest BCUT2D eigenvalue weighted by Crippen LogP contribution is -2.28. The Morgan fingerprint density at radius 3 is 2.65 bits per heavy atom. The third-order valence-electron chi connectivity index (χ3n) is 2.99. The van der Waals surface area contributed by atoms with Crippen molar-refractivity contribution < 1.29 is 19.5 Å². The molecule has 0 bridgehead atoms. The van der Waals surface area contributed by atoms with Gasteiger partial charge in [-0.25, -0.2) is 9.78 Å². The molecule has 1 aromatic carbocycles. The van der Waals surface area contributed by atoms with Crippen LogP contribution in [0.25, 0.3) is 0 Å². The molecule has 0 spiro atoms. The Bertz CT molecular complexity index is 724. The van der Waals surface area contributed by atoms with Crippen LogP contribution >= 0.6 is 11.3 Å². The van der Waals surface area contributed by atoms with Crippen LogP contribution in [0.1, 0.15) is 36.1 Å². The first-order chi connectivity index (χ1) is 9.58. The molecule has 3 rings (SSSR count). The van der Waals surface area contributed by atoms with Gasteiger partial charge < -0.3 is 5.11 Å². The lowest BCUT2D eigenvalue weighted by Gasteiger charge is -2.11. The van der Waals surface area contributed by atoms with E-state index in [1.165, 1.54) is 29.5 Å². The summed E-state index contributed by atoms with van der Waals surface area (Å²) in [5, 5.41) is 11.3. The van der Waals surface area contributed by atoms with E-state index in [4.69, 9.17) is 5.11 Å². The normalized spacial score (nSPS) is 13.7. The monoisotopic (exact) mass is 288 g/mol. The van der Waals surface area contributed by atoms with E-state index in [-0.39, 0.29) is 23.2 Å². The molecule has 0 saturated heterocycles. The van der Waals surface area contributed by atoms with E-state index in [0.717, 1.165) is 4.90 Å². The summed E-state index contributed by atoms with van der Waals surface area (Å²) in [7, 11) is 0. The van der Waals surface area contributed by atoms with Crippen molar-refractivity contribution in [3.05, 3.63) is 51.5 Å². The Balaban J connectivity index is 1.97. The lowest BCUT2D eigenvalue weighted by atomic mass is 10.1. The van der Waals surface area contributed by atoms with Crippen LogP contribution in [-0.2, 0) is 6.54 Å².